The Labute approximate surface area is 132 Å². The van der Waals surface area contributed by atoms with Gasteiger partial charge in [0.05, 0.1) is 11.3 Å². The van der Waals surface area contributed by atoms with E-state index in [-0.39, 0.29) is 18.9 Å². The molecule has 2 rings (SSSR count). The normalized spacial score (nSPS) is 17.1. The molecule has 1 aromatic carbocycles. The average Bonchev–Trinajstić information content (AvgIpc) is 2.72. The second-order valence-corrected chi connectivity index (χ2v) is 5.94. The number of allylic oxidation sites excluding steroid dienone is 2. The van der Waals surface area contributed by atoms with Crippen molar-refractivity contribution >= 4 is 46.3 Å². The summed E-state index contributed by atoms with van der Waals surface area (Å²) < 4.78 is 0.403. The number of carboxylic acids is 1. The predicted octanol–water partition coefficient (Wildman–Crippen LogP) is 2.92. The Hall–Kier alpha value is -1.92. The molecule has 1 aliphatic heterocycles. The van der Waals surface area contributed by atoms with Gasteiger partial charge in [-0.25, -0.2) is 0 Å². The molecule has 1 aromatic rings. The third-order valence-electron chi connectivity index (χ3n) is 2.76. The van der Waals surface area contributed by atoms with Crippen LogP contribution >= 0.6 is 24.0 Å². The van der Waals surface area contributed by atoms with E-state index in [1.54, 1.807) is 12.2 Å². The maximum absolute atomic E-state index is 12.1. The lowest BCUT2D eigenvalue weighted by molar-refractivity contribution is -0.137. The summed E-state index contributed by atoms with van der Waals surface area (Å²) in [4.78, 5) is 24.5. The summed E-state index contributed by atoms with van der Waals surface area (Å²) in [6.07, 6.45) is 5.27. The van der Waals surface area contributed by atoms with Crippen LogP contribution in [0.3, 0.4) is 0 Å². The van der Waals surface area contributed by atoms with Crippen LogP contribution in [0.5, 0.6) is 0 Å². The maximum atomic E-state index is 12.1. The minimum Gasteiger partial charge on any atom is -0.481 e. The fourth-order valence-electron chi connectivity index (χ4n) is 1.73. The van der Waals surface area contributed by atoms with Gasteiger partial charge in [-0.15, -0.1) is 0 Å². The first-order valence-corrected chi connectivity index (χ1v) is 7.49. The number of carbonyl (C=O) groups excluding carboxylic acids is 1. The van der Waals surface area contributed by atoms with Crippen molar-refractivity contribution in [1.82, 2.24) is 4.90 Å². The van der Waals surface area contributed by atoms with E-state index in [1.165, 1.54) is 16.7 Å². The van der Waals surface area contributed by atoms with Gasteiger partial charge in [-0.3, -0.25) is 14.5 Å². The van der Waals surface area contributed by atoms with Crippen molar-refractivity contribution in [2.45, 2.75) is 6.42 Å². The largest absolute Gasteiger partial charge is 0.481 e. The van der Waals surface area contributed by atoms with Crippen molar-refractivity contribution in [2.75, 3.05) is 6.54 Å². The van der Waals surface area contributed by atoms with Gasteiger partial charge in [0.2, 0.25) is 0 Å². The minimum atomic E-state index is -0.947. The second-order valence-electron chi connectivity index (χ2n) is 4.27. The van der Waals surface area contributed by atoms with Crippen molar-refractivity contribution in [1.29, 1.82) is 0 Å². The molecule has 0 saturated carbocycles. The van der Waals surface area contributed by atoms with Crippen molar-refractivity contribution in [3.63, 3.8) is 0 Å². The highest BCUT2D eigenvalue weighted by molar-refractivity contribution is 8.26. The highest BCUT2D eigenvalue weighted by Gasteiger charge is 2.31. The van der Waals surface area contributed by atoms with Gasteiger partial charge in [0.1, 0.15) is 4.32 Å². The van der Waals surface area contributed by atoms with Crippen LogP contribution in [0.15, 0.2) is 47.4 Å². The van der Waals surface area contributed by atoms with Gasteiger partial charge in [0, 0.05) is 6.54 Å². The SMILES string of the molecule is O=C(O)CCN1C(=O)/C(=C/C=C\c2ccccc2)SC1=S. The topological polar surface area (TPSA) is 57.6 Å². The number of benzene rings is 1. The van der Waals surface area contributed by atoms with Crippen LogP contribution in [-0.2, 0) is 9.59 Å². The van der Waals surface area contributed by atoms with E-state index in [9.17, 15) is 9.59 Å². The van der Waals surface area contributed by atoms with Crippen molar-refractivity contribution < 1.29 is 14.7 Å². The molecule has 1 amide bonds. The Kier molecular flexibility index (Phi) is 5.30. The number of rotatable bonds is 5. The van der Waals surface area contributed by atoms with Crippen LogP contribution in [-0.4, -0.2) is 32.7 Å². The van der Waals surface area contributed by atoms with Crippen LogP contribution in [0.25, 0.3) is 6.08 Å². The molecule has 0 atom stereocenters. The Bertz CT molecular complexity index is 623. The van der Waals surface area contributed by atoms with Crippen molar-refractivity contribution in [3.8, 4) is 0 Å². The number of carbonyl (C=O) groups is 2. The number of aliphatic carboxylic acids is 1. The predicted molar refractivity (Wildman–Crippen MR) is 87.7 cm³/mol. The first-order chi connectivity index (χ1) is 10.1. The van der Waals surface area contributed by atoms with Gasteiger partial charge < -0.3 is 5.11 Å². The summed E-state index contributed by atoms with van der Waals surface area (Å²) in [5.41, 5.74) is 1.04. The molecular formula is C15H13NO3S2. The maximum Gasteiger partial charge on any atom is 0.305 e. The lowest BCUT2D eigenvalue weighted by atomic mass is 10.2. The van der Waals surface area contributed by atoms with E-state index >= 15 is 0 Å². The van der Waals surface area contributed by atoms with Crippen LogP contribution in [0.2, 0.25) is 0 Å². The summed E-state index contributed by atoms with van der Waals surface area (Å²) in [6, 6.07) is 9.73. The molecule has 1 N–H and O–H groups in total. The quantitative estimate of drug-likeness (QED) is 0.668. The zero-order valence-electron chi connectivity index (χ0n) is 11.1. The lowest BCUT2D eigenvalue weighted by Crippen LogP contribution is -2.30. The Morgan fingerprint density at radius 1 is 1.33 bits per heavy atom. The van der Waals surface area contributed by atoms with E-state index in [1.807, 2.05) is 36.4 Å². The Morgan fingerprint density at radius 3 is 2.71 bits per heavy atom. The van der Waals surface area contributed by atoms with Crippen molar-refractivity contribution in [3.05, 3.63) is 53.0 Å². The van der Waals surface area contributed by atoms with Crippen LogP contribution in [0.1, 0.15) is 12.0 Å². The van der Waals surface area contributed by atoms with Gasteiger partial charge in [-0.05, 0) is 11.6 Å². The molecule has 108 valence electrons. The first kappa shape index (κ1) is 15.5. The van der Waals surface area contributed by atoms with Crippen LogP contribution in [0.4, 0.5) is 0 Å². The van der Waals surface area contributed by atoms with E-state index in [0.717, 1.165) is 5.56 Å². The summed E-state index contributed by atoms with van der Waals surface area (Å²) >= 11 is 6.29. The number of thiocarbonyl (C=S) groups is 1. The molecule has 0 aliphatic carbocycles. The number of thioether (sulfide) groups is 1. The van der Waals surface area contributed by atoms with Gasteiger partial charge in [-0.2, -0.15) is 0 Å². The third kappa shape index (κ3) is 4.27. The fourth-order valence-corrected chi connectivity index (χ4v) is 2.99. The molecule has 4 nitrogen and oxygen atoms in total. The minimum absolute atomic E-state index is 0.111. The van der Waals surface area contributed by atoms with Gasteiger partial charge in [0.25, 0.3) is 5.91 Å². The number of amides is 1. The van der Waals surface area contributed by atoms with E-state index < -0.39 is 5.97 Å². The molecule has 0 aromatic heterocycles. The summed E-state index contributed by atoms with van der Waals surface area (Å²) in [5, 5.41) is 8.67. The fraction of sp³-hybridized carbons (Fsp3) is 0.133. The molecule has 0 bridgehead atoms. The summed E-state index contributed by atoms with van der Waals surface area (Å²) in [6.45, 7) is 0.111. The van der Waals surface area contributed by atoms with Gasteiger partial charge in [0.15, 0.2) is 0 Å². The number of carboxylic acid groups (broad SMARTS) is 1. The summed E-state index contributed by atoms with van der Waals surface area (Å²) in [7, 11) is 0. The third-order valence-corrected chi connectivity index (χ3v) is 4.15. The van der Waals surface area contributed by atoms with Crippen LogP contribution < -0.4 is 0 Å². The molecule has 0 spiro atoms. The molecule has 1 heterocycles. The van der Waals surface area contributed by atoms with Gasteiger partial charge >= 0.3 is 5.97 Å². The molecule has 1 aliphatic rings. The molecule has 0 radical (unpaired) electrons. The molecule has 1 saturated heterocycles. The number of hydrogen-bond acceptors (Lipinski definition) is 4. The highest BCUT2D eigenvalue weighted by atomic mass is 32.2. The standard InChI is InChI=1S/C15H13NO3S2/c17-13(18)9-10-16-14(19)12(21-15(16)20)8-4-7-11-5-2-1-3-6-11/h1-8H,9-10H2,(H,17,18)/b7-4-,12-8-. The van der Waals surface area contributed by atoms with Crippen LogP contribution in [0, 0.1) is 0 Å². The number of hydrogen-bond donors (Lipinski definition) is 1. The molecule has 0 unspecified atom stereocenters. The zero-order chi connectivity index (χ0) is 15.2. The van der Waals surface area contributed by atoms with E-state index in [0.29, 0.717) is 9.23 Å². The van der Waals surface area contributed by atoms with Crippen molar-refractivity contribution in [2.24, 2.45) is 0 Å². The summed E-state index contributed by atoms with van der Waals surface area (Å²) in [5.74, 6) is -1.18. The Morgan fingerprint density at radius 2 is 2.05 bits per heavy atom. The molecule has 6 heteroatoms. The Balaban J connectivity index is 2.03. The number of nitrogens with zero attached hydrogens (tertiary/aromatic N) is 1. The van der Waals surface area contributed by atoms with E-state index in [4.69, 9.17) is 17.3 Å². The van der Waals surface area contributed by atoms with Gasteiger partial charge in [-0.1, -0.05) is 66.5 Å². The average molecular weight is 319 g/mol. The zero-order valence-corrected chi connectivity index (χ0v) is 12.7. The molecule has 1 fully saturated rings. The second kappa shape index (κ2) is 7.19. The highest BCUT2D eigenvalue weighted by Crippen LogP contribution is 2.31. The van der Waals surface area contributed by atoms with E-state index in [2.05, 4.69) is 0 Å². The molecular weight excluding hydrogens is 306 g/mol. The monoisotopic (exact) mass is 319 g/mol. The first-order valence-electron chi connectivity index (χ1n) is 6.27. The smallest absolute Gasteiger partial charge is 0.305 e. The molecule has 21 heavy (non-hydrogen) atoms. The lowest BCUT2D eigenvalue weighted by Gasteiger charge is -2.12.